The highest BCUT2D eigenvalue weighted by molar-refractivity contribution is 5.76. The molecular weight excluding hydrogens is 264 g/mol. The molecule has 1 aliphatic carbocycles. The van der Waals surface area contributed by atoms with E-state index in [1.54, 1.807) is 0 Å². The number of benzene rings is 1. The van der Waals surface area contributed by atoms with E-state index in [1.807, 2.05) is 30.3 Å². The number of nitrogens with two attached hydrogens (primary N) is 1. The van der Waals surface area contributed by atoms with E-state index in [-0.39, 0.29) is 11.9 Å². The highest BCUT2D eigenvalue weighted by Gasteiger charge is 2.14. The van der Waals surface area contributed by atoms with Gasteiger partial charge in [-0.15, -0.1) is 0 Å². The minimum Gasteiger partial charge on any atom is -0.376 e. The molecule has 1 unspecified atom stereocenters. The summed E-state index contributed by atoms with van der Waals surface area (Å²) in [6.07, 6.45) is 6.88. The second kappa shape index (κ2) is 8.80. The third-order valence-electron chi connectivity index (χ3n) is 3.96. The first-order chi connectivity index (χ1) is 10.3. The largest absolute Gasteiger partial charge is 0.376 e. The van der Waals surface area contributed by atoms with Crippen LogP contribution in [0.15, 0.2) is 30.3 Å². The number of hydrogen-bond donors (Lipinski definition) is 2. The molecule has 1 aromatic rings. The first-order valence-corrected chi connectivity index (χ1v) is 7.94. The molecule has 0 bridgehead atoms. The van der Waals surface area contributed by atoms with E-state index in [0.29, 0.717) is 25.7 Å². The van der Waals surface area contributed by atoms with Crippen molar-refractivity contribution in [2.24, 2.45) is 5.73 Å². The predicted octanol–water partition coefficient (Wildman–Crippen LogP) is 2.54. The summed E-state index contributed by atoms with van der Waals surface area (Å²) in [5, 5.41) is 2.88. The molecule has 1 amide bonds. The maximum absolute atomic E-state index is 11.8. The summed E-state index contributed by atoms with van der Waals surface area (Å²) < 4.78 is 5.78. The maximum atomic E-state index is 11.8. The number of rotatable bonds is 7. The first-order valence-electron chi connectivity index (χ1n) is 7.94. The molecule has 116 valence electrons. The summed E-state index contributed by atoms with van der Waals surface area (Å²) in [4.78, 5) is 11.8. The average molecular weight is 290 g/mol. The smallest absolute Gasteiger partial charge is 0.221 e. The summed E-state index contributed by atoms with van der Waals surface area (Å²) in [6.45, 7) is 1.16. The monoisotopic (exact) mass is 290 g/mol. The van der Waals surface area contributed by atoms with E-state index in [4.69, 9.17) is 10.5 Å². The zero-order chi connectivity index (χ0) is 14.9. The summed E-state index contributed by atoms with van der Waals surface area (Å²) in [7, 11) is 0. The Morgan fingerprint density at radius 1 is 1.24 bits per heavy atom. The van der Waals surface area contributed by atoms with Gasteiger partial charge in [-0.05, 0) is 18.4 Å². The van der Waals surface area contributed by atoms with Crippen molar-refractivity contribution in [2.45, 2.75) is 50.7 Å². The molecule has 1 atom stereocenters. The minimum absolute atomic E-state index is 0.0152. The number of amides is 1. The van der Waals surface area contributed by atoms with E-state index in [2.05, 4.69) is 5.32 Å². The molecule has 3 N–H and O–H groups in total. The fraction of sp³-hybridized carbons (Fsp3) is 0.588. The van der Waals surface area contributed by atoms with Gasteiger partial charge in [0.25, 0.3) is 0 Å². The Labute approximate surface area is 127 Å². The summed E-state index contributed by atoms with van der Waals surface area (Å²) >= 11 is 0. The molecule has 1 fully saturated rings. The van der Waals surface area contributed by atoms with Crippen molar-refractivity contribution in [3.8, 4) is 0 Å². The Kier molecular flexibility index (Phi) is 6.70. The SMILES string of the molecule is NC(CC(=O)NCCOC1CCCCC1)c1ccccc1. The fourth-order valence-corrected chi connectivity index (χ4v) is 2.74. The Bertz CT molecular complexity index is 416. The Morgan fingerprint density at radius 3 is 2.67 bits per heavy atom. The molecule has 0 radical (unpaired) electrons. The van der Waals surface area contributed by atoms with Gasteiger partial charge in [0.15, 0.2) is 0 Å². The van der Waals surface area contributed by atoms with Crippen LogP contribution in [0, 0.1) is 0 Å². The van der Waals surface area contributed by atoms with E-state index in [0.717, 1.165) is 18.4 Å². The molecule has 1 saturated carbocycles. The molecule has 1 aromatic carbocycles. The lowest BCUT2D eigenvalue weighted by Crippen LogP contribution is -2.31. The lowest BCUT2D eigenvalue weighted by Gasteiger charge is -2.22. The van der Waals surface area contributed by atoms with Crippen LogP contribution in [0.3, 0.4) is 0 Å². The molecular formula is C17H26N2O2. The van der Waals surface area contributed by atoms with Crippen LogP contribution in [0.4, 0.5) is 0 Å². The standard InChI is InChI=1S/C17H26N2O2/c18-16(14-7-3-1-4-8-14)13-17(20)19-11-12-21-15-9-5-2-6-10-15/h1,3-4,7-8,15-16H,2,5-6,9-13,18H2,(H,19,20). The van der Waals surface area contributed by atoms with Gasteiger partial charge >= 0.3 is 0 Å². The van der Waals surface area contributed by atoms with Crippen molar-refractivity contribution < 1.29 is 9.53 Å². The van der Waals surface area contributed by atoms with Gasteiger partial charge in [-0.1, -0.05) is 49.6 Å². The lowest BCUT2D eigenvalue weighted by molar-refractivity contribution is -0.121. The molecule has 0 aromatic heterocycles. The minimum atomic E-state index is -0.245. The quantitative estimate of drug-likeness (QED) is 0.759. The molecule has 4 heteroatoms. The van der Waals surface area contributed by atoms with Crippen LogP contribution in [-0.4, -0.2) is 25.2 Å². The van der Waals surface area contributed by atoms with Gasteiger partial charge in [0.05, 0.1) is 12.7 Å². The van der Waals surface area contributed by atoms with Crippen LogP contribution in [0.2, 0.25) is 0 Å². The first kappa shape index (κ1) is 16.0. The molecule has 4 nitrogen and oxygen atoms in total. The molecule has 0 aliphatic heterocycles. The number of carbonyl (C=O) groups excluding carboxylic acids is 1. The van der Waals surface area contributed by atoms with Gasteiger partial charge in [-0.2, -0.15) is 0 Å². The predicted molar refractivity (Wildman–Crippen MR) is 83.8 cm³/mol. The highest BCUT2D eigenvalue weighted by atomic mass is 16.5. The Morgan fingerprint density at radius 2 is 1.95 bits per heavy atom. The van der Waals surface area contributed by atoms with Crippen LogP contribution in [0.1, 0.15) is 50.1 Å². The third kappa shape index (κ3) is 5.86. The van der Waals surface area contributed by atoms with Crippen LogP contribution in [-0.2, 0) is 9.53 Å². The normalized spacial score (nSPS) is 17.4. The van der Waals surface area contributed by atoms with E-state index < -0.39 is 0 Å². The van der Waals surface area contributed by atoms with Crippen molar-refractivity contribution in [3.63, 3.8) is 0 Å². The molecule has 0 saturated heterocycles. The topological polar surface area (TPSA) is 64.4 Å². The second-order valence-corrected chi connectivity index (χ2v) is 5.70. The van der Waals surface area contributed by atoms with Gasteiger partial charge < -0.3 is 15.8 Å². The van der Waals surface area contributed by atoms with Gasteiger partial charge in [0.1, 0.15) is 0 Å². The molecule has 0 spiro atoms. The summed E-state index contributed by atoms with van der Waals surface area (Å²) in [5.41, 5.74) is 7.02. The molecule has 0 heterocycles. The lowest BCUT2D eigenvalue weighted by atomic mass is 9.98. The highest BCUT2D eigenvalue weighted by Crippen LogP contribution is 2.19. The van der Waals surface area contributed by atoms with Crippen molar-refractivity contribution in [3.05, 3.63) is 35.9 Å². The molecule has 21 heavy (non-hydrogen) atoms. The Balaban J connectivity index is 1.59. The van der Waals surface area contributed by atoms with E-state index >= 15 is 0 Å². The summed E-state index contributed by atoms with van der Waals surface area (Å²) in [6, 6.07) is 9.47. The zero-order valence-corrected chi connectivity index (χ0v) is 12.6. The maximum Gasteiger partial charge on any atom is 0.221 e. The van der Waals surface area contributed by atoms with Crippen molar-refractivity contribution >= 4 is 5.91 Å². The van der Waals surface area contributed by atoms with Crippen molar-refractivity contribution in [1.29, 1.82) is 0 Å². The number of ether oxygens (including phenoxy) is 1. The third-order valence-corrected chi connectivity index (χ3v) is 3.96. The number of carbonyl (C=O) groups is 1. The van der Waals surface area contributed by atoms with Gasteiger partial charge in [0, 0.05) is 19.0 Å². The number of hydrogen-bond acceptors (Lipinski definition) is 3. The van der Waals surface area contributed by atoms with Crippen molar-refractivity contribution in [2.75, 3.05) is 13.2 Å². The van der Waals surface area contributed by atoms with Gasteiger partial charge in [-0.25, -0.2) is 0 Å². The average Bonchev–Trinajstić information content (AvgIpc) is 2.53. The van der Waals surface area contributed by atoms with Crippen LogP contribution >= 0.6 is 0 Å². The fourth-order valence-electron chi connectivity index (χ4n) is 2.74. The molecule has 2 rings (SSSR count). The second-order valence-electron chi connectivity index (χ2n) is 5.70. The van der Waals surface area contributed by atoms with Crippen molar-refractivity contribution in [1.82, 2.24) is 5.32 Å². The van der Waals surface area contributed by atoms with E-state index in [1.165, 1.54) is 19.3 Å². The zero-order valence-electron chi connectivity index (χ0n) is 12.6. The molecule has 1 aliphatic rings. The Hall–Kier alpha value is -1.39. The van der Waals surface area contributed by atoms with Crippen LogP contribution in [0.5, 0.6) is 0 Å². The van der Waals surface area contributed by atoms with Crippen LogP contribution < -0.4 is 11.1 Å². The summed E-state index contributed by atoms with van der Waals surface area (Å²) in [5.74, 6) is -0.0152. The number of nitrogens with one attached hydrogen (secondary N) is 1. The van der Waals surface area contributed by atoms with Gasteiger partial charge in [-0.3, -0.25) is 4.79 Å². The van der Waals surface area contributed by atoms with E-state index in [9.17, 15) is 4.79 Å². The van der Waals surface area contributed by atoms with Crippen LogP contribution in [0.25, 0.3) is 0 Å². The van der Waals surface area contributed by atoms with Gasteiger partial charge in [0.2, 0.25) is 5.91 Å².